The minimum absolute atomic E-state index is 0.00110. The Morgan fingerprint density at radius 3 is 2.37 bits per heavy atom. The molecule has 0 aliphatic carbocycles. The van der Waals surface area contributed by atoms with Crippen LogP contribution in [-0.4, -0.2) is 29.8 Å². The monoisotopic (exact) mass is 263 g/mol. The lowest BCUT2D eigenvalue weighted by molar-refractivity contribution is -0.132. The van der Waals surface area contributed by atoms with E-state index in [2.05, 4.69) is 5.32 Å². The zero-order chi connectivity index (χ0) is 14.3. The zero-order valence-electron chi connectivity index (χ0n) is 11.5. The third-order valence-corrected chi connectivity index (χ3v) is 2.92. The van der Waals surface area contributed by atoms with Gasteiger partial charge in [-0.1, -0.05) is 12.1 Å². The van der Waals surface area contributed by atoms with Gasteiger partial charge >= 0.3 is 0 Å². The van der Waals surface area contributed by atoms with Crippen LogP contribution in [0.25, 0.3) is 0 Å². The average molecular weight is 263 g/mol. The SMILES string of the molecule is CCN(CC)C(=O)CCC(=O)Nc1ccccc1N. The van der Waals surface area contributed by atoms with Crippen molar-refractivity contribution < 1.29 is 9.59 Å². The fraction of sp³-hybridized carbons (Fsp3) is 0.429. The molecule has 0 aliphatic heterocycles. The molecule has 19 heavy (non-hydrogen) atoms. The summed E-state index contributed by atoms with van der Waals surface area (Å²) < 4.78 is 0. The molecule has 0 atom stereocenters. The highest BCUT2D eigenvalue weighted by Crippen LogP contribution is 2.17. The fourth-order valence-corrected chi connectivity index (χ4v) is 1.78. The van der Waals surface area contributed by atoms with Crippen molar-refractivity contribution in [1.29, 1.82) is 0 Å². The number of para-hydroxylation sites is 2. The summed E-state index contributed by atoms with van der Waals surface area (Å²) in [6.45, 7) is 5.18. The first-order valence-electron chi connectivity index (χ1n) is 6.50. The van der Waals surface area contributed by atoms with Crippen LogP contribution in [0.5, 0.6) is 0 Å². The van der Waals surface area contributed by atoms with Gasteiger partial charge in [-0.2, -0.15) is 0 Å². The quantitative estimate of drug-likeness (QED) is 0.769. The number of nitrogens with two attached hydrogens (primary N) is 1. The van der Waals surface area contributed by atoms with Crippen molar-refractivity contribution in [3.8, 4) is 0 Å². The maximum atomic E-state index is 11.8. The maximum absolute atomic E-state index is 11.8. The molecule has 0 heterocycles. The normalized spacial score (nSPS) is 10.0. The van der Waals surface area contributed by atoms with E-state index in [0.29, 0.717) is 24.5 Å². The second-order valence-corrected chi connectivity index (χ2v) is 4.20. The van der Waals surface area contributed by atoms with Crippen LogP contribution >= 0.6 is 0 Å². The first-order chi connectivity index (χ1) is 9.08. The maximum Gasteiger partial charge on any atom is 0.224 e. The first kappa shape index (κ1) is 15.0. The van der Waals surface area contributed by atoms with Gasteiger partial charge in [0, 0.05) is 25.9 Å². The molecule has 104 valence electrons. The molecule has 0 aromatic heterocycles. The minimum Gasteiger partial charge on any atom is -0.397 e. The molecule has 0 saturated heterocycles. The van der Waals surface area contributed by atoms with Crippen LogP contribution in [0.2, 0.25) is 0 Å². The van der Waals surface area contributed by atoms with E-state index in [-0.39, 0.29) is 24.7 Å². The van der Waals surface area contributed by atoms with Gasteiger partial charge in [-0.3, -0.25) is 9.59 Å². The lowest BCUT2D eigenvalue weighted by Crippen LogP contribution is -2.31. The Morgan fingerprint density at radius 1 is 1.16 bits per heavy atom. The van der Waals surface area contributed by atoms with Gasteiger partial charge in [0.05, 0.1) is 11.4 Å². The fourth-order valence-electron chi connectivity index (χ4n) is 1.78. The summed E-state index contributed by atoms with van der Waals surface area (Å²) in [7, 11) is 0. The third kappa shape index (κ3) is 4.62. The molecule has 1 aromatic carbocycles. The van der Waals surface area contributed by atoms with Crippen LogP contribution in [-0.2, 0) is 9.59 Å². The molecule has 3 N–H and O–H groups in total. The second kappa shape index (κ2) is 7.41. The van der Waals surface area contributed by atoms with Crippen molar-refractivity contribution in [1.82, 2.24) is 4.90 Å². The number of carbonyl (C=O) groups excluding carboxylic acids is 2. The van der Waals surface area contributed by atoms with Crippen molar-refractivity contribution in [2.45, 2.75) is 26.7 Å². The third-order valence-electron chi connectivity index (χ3n) is 2.92. The summed E-state index contributed by atoms with van der Waals surface area (Å²) >= 11 is 0. The highest BCUT2D eigenvalue weighted by molar-refractivity contribution is 5.95. The number of rotatable bonds is 6. The van der Waals surface area contributed by atoms with Crippen LogP contribution in [0.4, 0.5) is 11.4 Å². The molecule has 0 spiro atoms. The van der Waals surface area contributed by atoms with E-state index in [4.69, 9.17) is 5.73 Å². The molecule has 1 rings (SSSR count). The Bertz CT molecular complexity index is 442. The van der Waals surface area contributed by atoms with Crippen LogP contribution in [0.3, 0.4) is 0 Å². The topological polar surface area (TPSA) is 75.4 Å². The molecule has 2 amide bonds. The summed E-state index contributed by atoms with van der Waals surface area (Å²) in [4.78, 5) is 25.2. The number of carbonyl (C=O) groups is 2. The van der Waals surface area contributed by atoms with Crippen molar-refractivity contribution in [2.24, 2.45) is 0 Å². The largest absolute Gasteiger partial charge is 0.397 e. The van der Waals surface area contributed by atoms with Gasteiger partial charge in [0.1, 0.15) is 0 Å². The Kier molecular flexibility index (Phi) is 5.85. The lowest BCUT2D eigenvalue weighted by Gasteiger charge is -2.18. The summed E-state index contributed by atoms with van der Waals surface area (Å²) in [5.74, 6) is -0.195. The molecular formula is C14H21N3O2. The van der Waals surface area contributed by atoms with Crippen LogP contribution < -0.4 is 11.1 Å². The molecule has 5 nitrogen and oxygen atoms in total. The number of hydrogen-bond donors (Lipinski definition) is 2. The van der Waals surface area contributed by atoms with Gasteiger partial charge in [0.2, 0.25) is 11.8 Å². The van der Waals surface area contributed by atoms with Crippen molar-refractivity contribution in [3.05, 3.63) is 24.3 Å². The van der Waals surface area contributed by atoms with E-state index in [1.807, 2.05) is 13.8 Å². The van der Waals surface area contributed by atoms with E-state index in [0.717, 1.165) is 0 Å². The minimum atomic E-state index is -0.196. The molecule has 0 aliphatic rings. The number of amides is 2. The summed E-state index contributed by atoms with van der Waals surface area (Å²) in [6.07, 6.45) is 0.393. The number of hydrogen-bond acceptors (Lipinski definition) is 3. The number of nitrogen functional groups attached to an aromatic ring is 1. The average Bonchev–Trinajstić information content (AvgIpc) is 2.40. The van der Waals surface area contributed by atoms with E-state index < -0.39 is 0 Å². The van der Waals surface area contributed by atoms with Crippen LogP contribution in [0.15, 0.2) is 24.3 Å². The Hall–Kier alpha value is -2.04. The molecule has 1 aromatic rings. The zero-order valence-corrected chi connectivity index (χ0v) is 11.5. The molecule has 0 bridgehead atoms. The Balaban J connectivity index is 2.44. The Labute approximate surface area is 113 Å². The molecule has 0 radical (unpaired) electrons. The van der Waals surface area contributed by atoms with Crippen LogP contribution in [0, 0.1) is 0 Å². The van der Waals surface area contributed by atoms with Gasteiger partial charge in [-0.25, -0.2) is 0 Å². The molecular weight excluding hydrogens is 242 g/mol. The molecule has 0 saturated carbocycles. The molecule has 0 fully saturated rings. The molecule has 0 unspecified atom stereocenters. The van der Waals surface area contributed by atoms with Gasteiger partial charge < -0.3 is 16.0 Å². The standard InChI is InChI=1S/C14H21N3O2/c1-3-17(4-2)14(19)10-9-13(18)16-12-8-6-5-7-11(12)15/h5-8H,3-4,9-10,15H2,1-2H3,(H,16,18). The van der Waals surface area contributed by atoms with Crippen molar-refractivity contribution >= 4 is 23.2 Å². The van der Waals surface area contributed by atoms with E-state index in [1.165, 1.54) is 0 Å². The Morgan fingerprint density at radius 2 is 1.79 bits per heavy atom. The second-order valence-electron chi connectivity index (χ2n) is 4.20. The number of nitrogens with one attached hydrogen (secondary N) is 1. The summed E-state index contributed by atoms with van der Waals surface area (Å²) in [5, 5.41) is 2.71. The van der Waals surface area contributed by atoms with E-state index >= 15 is 0 Å². The summed E-state index contributed by atoms with van der Waals surface area (Å²) in [6, 6.07) is 7.05. The van der Waals surface area contributed by atoms with Crippen molar-refractivity contribution in [2.75, 3.05) is 24.1 Å². The van der Waals surface area contributed by atoms with Gasteiger partial charge in [0.25, 0.3) is 0 Å². The summed E-state index contributed by atoms with van der Waals surface area (Å²) in [5.41, 5.74) is 6.83. The number of benzene rings is 1. The number of anilines is 2. The van der Waals surface area contributed by atoms with E-state index in [9.17, 15) is 9.59 Å². The predicted octanol–water partition coefficient (Wildman–Crippen LogP) is 1.86. The first-order valence-corrected chi connectivity index (χ1v) is 6.50. The lowest BCUT2D eigenvalue weighted by atomic mass is 10.2. The predicted molar refractivity (Wildman–Crippen MR) is 76.6 cm³/mol. The van der Waals surface area contributed by atoms with Gasteiger partial charge in [-0.15, -0.1) is 0 Å². The highest BCUT2D eigenvalue weighted by atomic mass is 16.2. The van der Waals surface area contributed by atoms with Crippen molar-refractivity contribution in [3.63, 3.8) is 0 Å². The van der Waals surface area contributed by atoms with E-state index in [1.54, 1.807) is 29.2 Å². The highest BCUT2D eigenvalue weighted by Gasteiger charge is 2.12. The number of nitrogens with zero attached hydrogens (tertiary/aromatic N) is 1. The smallest absolute Gasteiger partial charge is 0.224 e. The van der Waals surface area contributed by atoms with Gasteiger partial charge in [0.15, 0.2) is 0 Å². The molecule has 5 heteroatoms. The van der Waals surface area contributed by atoms with Gasteiger partial charge in [-0.05, 0) is 26.0 Å². The van der Waals surface area contributed by atoms with Crippen LogP contribution in [0.1, 0.15) is 26.7 Å².